The topological polar surface area (TPSA) is 17.1 Å². The second kappa shape index (κ2) is 4.60. The number of carbonyl (C=O) groups is 1. The van der Waals surface area contributed by atoms with Gasteiger partial charge in [-0.05, 0) is 49.5 Å². The highest BCUT2D eigenvalue weighted by Crippen LogP contribution is 2.27. The third kappa shape index (κ3) is 2.15. The second-order valence-corrected chi connectivity index (χ2v) is 5.77. The quantitative estimate of drug-likeness (QED) is 0.460. The molecule has 1 aromatic rings. The van der Waals surface area contributed by atoms with E-state index in [1.165, 1.54) is 4.88 Å². The lowest BCUT2D eigenvalue weighted by Gasteiger charge is -2.17. The summed E-state index contributed by atoms with van der Waals surface area (Å²) in [4.78, 5) is 15.1. The van der Waals surface area contributed by atoms with Crippen molar-refractivity contribution in [2.75, 3.05) is 0 Å². The Labute approximate surface area is 105 Å². The Morgan fingerprint density at radius 2 is 2.31 bits per heavy atom. The molecule has 84 valence electrons. The van der Waals surface area contributed by atoms with Gasteiger partial charge in [0.05, 0.1) is 4.88 Å². The van der Waals surface area contributed by atoms with Gasteiger partial charge in [0, 0.05) is 9.74 Å². The largest absolute Gasteiger partial charge is 0.288 e. The Kier molecular flexibility index (Phi) is 3.36. The second-order valence-electron chi connectivity index (χ2n) is 4.02. The third-order valence-corrected chi connectivity index (χ3v) is 4.40. The van der Waals surface area contributed by atoms with Gasteiger partial charge in [-0.1, -0.05) is 19.1 Å². The van der Waals surface area contributed by atoms with Crippen LogP contribution in [0.25, 0.3) is 0 Å². The van der Waals surface area contributed by atoms with Crippen LogP contribution in [0.2, 0.25) is 0 Å². The predicted octanol–water partition coefficient (Wildman–Crippen LogP) is 3.89. The average molecular weight is 250 g/mol. The number of rotatable bonds is 3. The molecule has 0 spiro atoms. The van der Waals surface area contributed by atoms with E-state index in [9.17, 15) is 4.79 Å². The minimum atomic E-state index is 0.131. The van der Waals surface area contributed by atoms with Gasteiger partial charge in [-0.25, -0.2) is 0 Å². The molecule has 1 fully saturated rings. The first kappa shape index (κ1) is 11.7. The molecule has 1 saturated carbocycles. The minimum absolute atomic E-state index is 0.131. The van der Waals surface area contributed by atoms with Crippen LogP contribution in [-0.2, 0) is 6.42 Å². The van der Waals surface area contributed by atoms with Gasteiger partial charge >= 0.3 is 0 Å². The van der Waals surface area contributed by atoms with Crippen LogP contribution < -0.4 is 0 Å². The van der Waals surface area contributed by atoms with Crippen molar-refractivity contribution >= 4 is 34.2 Å². The summed E-state index contributed by atoms with van der Waals surface area (Å²) in [6.45, 7) is 4.13. The lowest BCUT2D eigenvalue weighted by Crippen LogP contribution is -2.13. The van der Waals surface area contributed by atoms with E-state index < -0.39 is 0 Å². The Morgan fingerprint density at radius 1 is 1.56 bits per heavy atom. The maximum absolute atomic E-state index is 12.1. The minimum Gasteiger partial charge on any atom is -0.288 e. The van der Waals surface area contributed by atoms with Gasteiger partial charge in [-0.2, -0.15) is 0 Å². The predicted molar refractivity (Wildman–Crippen MR) is 72.7 cm³/mol. The zero-order valence-electron chi connectivity index (χ0n) is 9.50. The number of ketones is 1. The number of thiophene rings is 1. The highest BCUT2D eigenvalue weighted by Gasteiger charge is 2.19. The number of thiocarbonyl (C=S) groups is 1. The number of allylic oxidation sites excluding steroid dienone is 2. The summed E-state index contributed by atoms with van der Waals surface area (Å²) in [5.41, 5.74) is 2.22. The van der Waals surface area contributed by atoms with Crippen molar-refractivity contribution in [1.29, 1.82) is 0 Å². The maximum atomic E-state index is 12.1. The molecule has 3 heteroatoms. The zero-order chi connectivity index (χ0) is 11.7. The van der Waals surface area contributed by atoms with Gasteiger partial charge in [0.25, 0.3) is 0 Å². The van der Waals surface area contributed by atoms with Crippen molar-refractivity contribution in [3.63, 3.8) is 0 Å². The van der Waals surface area contributed by atoms with E-state index in [4.69, 9.17) is 12.2 Å². The first-order valence-electron chi connectivity index (χ1n) is 5.49. The van der Waals surface area contributed by atoms with Gasteiger partial charge in [0.2, 0.25) is 0 Å². The molecule has 1 aliphatic carbocycles. The van der Waals surface area contributed by atoms with Gasteiger partial charge in [-0.3, -0.25) is 4.79 Å². The van der Waals surface area contributed by atoms with Crippen LogP contribution in [0.1, 0.15) is 39.9 Å². The summed E-state index contributed by atoms with van der Waals surface area (Å²) in [6.07, 6.45) is 4.59. The van der Waals surface area contributed by atoms with Gasteiger partial charge in [0.1, 0.15) is 0 Å². The lowest BCUT2D eigenvalue weighted by atomic mass is 9.90. The van der Waals surface area contributed by atoms with Crippen LogP contribution >= 0.6 is 23.6 Å². The van der Waals surface area contributed by atoms with Crippen molar-refractivity contribution in [3.8, 4) is 0 Å². The smallest absolute Gasteiger partial charge is 0.196 e. The molecule has 0 aliphatic heterocycles. The molecular formula is C13H14OS2. The summed E-state index contributed by atoms with van der Waals surface area (Å²) in [6, 6.07) is 2.11. The van der Waals surface area contributed by atoms with Crippen LogP contribution in [-0.4, -0.2) is 10.6 Å². The average Bonchev–Trinajstić information content (AvgIpc) is 2.65. The van der Waals surface area contributed by atoms with Gasteiger partial charge in [-0.15, -0.1) is 11.3 Å². The number of aryl methyl sites for hydroxylation is 2. The van der Waals surface area contributed by atoms with E-state index in [2.05, 4.69) is 13.0 Å². The third-order valence-electron chi connectivity index (χ3n) is 2.82. The fraction of sp³-hybridized carbons (Fsp3) is 0.385. The van der Waals surface area contributed by atoms with E-state index in [1.54, 1.807) is 17.4 Å². The van der Waals surface area contributed by atoms with Crippen LogP contribution in [0.4, 0.5) is 0 Å². The standard InChI is InChI=1S/C13H14OS2/c1-3-9-6-8(2)16-13(9)11(14)7-10-4-5-12(10)15/h6-7H,3-5H2,1-2H3/b10-7+. The van der Waals surface area contributed by atoms with Crippen LogP contribution in [0.15, 0.2) is 17.7 Å². The summed E-state index contributed by atoms with van der Waals surface area (Å²) in [5, 5.41) is 0. The highest BCUT2D eigenvalue weighted by molar-refractivity contribution is 7.81. The Hall–Kier alpha value is -0.800. The summed E-state index contributed by atoms with van der Waals surface area (Å²) in [5.74, 6) is 0.131. The van der Waals surface area contributed by atoms with Crippen molar-refractivity contribution in [3.05, 3.63) is 33.0 Å². The fourth-order valence-electron chi connectivity index (χ4n) is 1.79. The van der Waals surface area contributed by atoms with Gasteiger partial charge < -0.3 is 0 Å². The molecule has 1 aliphatic rings. The SMILES string of the molecule is CCc1cc(C)sc1C(=O)/C=C1\CCC1=S. The van der Waals surface area contributed by atoms with E-state index in [0.29, 0.717) is 0 Å². The normalized spacial score (nSPS) is 17.6. The number of hydrogen-bond donors (Lipinski definition) is 0. The van der Waals surface area contributed by atoms with E-state index in [1.807, 2.05) is 6.92 Å². The number of hydrogen-bond acceptors (Lipinski definition) is 3. The molecule has 2 rings (SSSR count). The monoisotopic (exact) mass is 250 g/mol. The zero-order valence-corrected chi connectivity index (χ0v) is 11.1. The molecule has 0 aromatic carbocycles. The number of carbonyl (C=O) groups excluding carboxylic acids is 1. The van der Waals surface area contributed by atoms with Crippen molar-refractivity contribution in [2.45, 2.75) is 33.1 Å². The first-order valence-corrected chi connectivity index (χ1v) is 6.71. The van der Waals surface area contributed by atoms with Crippen LogP contribution in [0, 0.1) is 6.92 Å². The van der Waals surface area contributed by atoms with Crippen molar-refractivity contribution < 1.29 is 4.79 Å². The van der Waals surface area contributed by atoms with Crippen LogP contribution in [0.5, 0.6) is 0 Å². The molecule has 0 radical (unpaired) electrons. The molecule has 0 saturated heterocycles. The molecule has 1 nitrogen and oxygen atoms in total. The molecule has 0 bridgehead atoms. The first-order chi connectivity index (χ1) is 7.61. The summed E-state index contributed by atoms with van der Waals surface area (Å²) < 4.78 is 0. The molecule has 16 heavy (non-hydrogen) atoms. The van der Waals surface area contributed by atoms with Crippen molar-refractivity contribution in [1.82, 2.24) is 0 Å². The summed E-state index contributed by atoms with van der Waals surface area (Å²) in [7, 11) is 0. The molecule has 0 N–H and O–H groups in total. The van der Waals surface area contributed by atoms with Crippen LogP contribution in [0.3, 0.4) is 0 Å². The maximum Gasteiger partial charge on any atom is 0.196 e. The van der Waals surface area contributed by atoms with Gasteiger partial charge in [0.15, 0.2) is 5.78 Å². The lowest BCUT2D eigenvalue weighted by molar-refractivity contribution is 0.104. The Morgan fingerprint density at radius 3 is 2.81 bits per heavy atom. The molecule has 0 amide bonds. The van der Waals surface area contributed by atoms with E-state index in [-0.39, 0.29) is 5.78 Å². The highest BCUT2D eigenvalue weighted by atomic mass is 32.1. The Balaban J connectivity index is 2.26. The molecule has 1 aromatic heterocycles. The summed E-state index contributed by atoms with van der Waals surface area (Å²) >= 11 is 6.71. The molecule has 0 atom stereocenters. The molecular weight excluding hydrogens is 236 g/mol. The van der Waals surface area contributed by atoms with E-state index in [0.717, 1.165) is 40.1 Å². The fourth-order valence-corrected chi connectivity index (χ4v) is 3.07. The Bertz CT molecular complexity index is 480. The van der Waals surface area contributed by atoms with E-state index >= 15 is 0 Å². The molecule has 1 heterocycles. The van der Waals surface area contributed by atoms with Crippen molar-refractivity contribution in [2.24, 2.45) is 0 Å². The molecule has 0 unspecified atom stereocenters.